The van der Waals surface area contributed by atoms with Gasteiger partial charge in [0.05, 0.1) is 12.6 Å². The third kappa shape index (κ3) is 4.81. The number of fused-ring (bicyclic) bond motifs is 1. The Morgan fingerprint density at radius 1 is 1.18 bits per heavy atom. The molecule has 0 fully saturated rings. The summed E-state index contributed by atoms with van der Waals surface area (Å²) in [4.78, 5) is 16.5. The Balaban J connectivity index is 1.57. The van der Waals surface area contributed by atoms with Crippen LogP contribution in [0.1, 0.15) is 67.5 Å². The van der Waals surface area contributed by atoms with E-state index in [9.17, 15) is 18.0 Å². The number of halogens is 4. The Kier molecular flexibility index (Phi) is 6.21. The van der Waals surface area contributed by atoms with Crippen LogP contribution in [-0.4, -0.2) is 30.1 Å². The second-order valence-electron chi connectivity index (χ2n) is 10.2. The fourth-order valence-electron chi connectivity index (χ4n) is 4.78. The number of carbonyl (C=O) groups is 1. The predicted octanol–water partition coefficient (Wildman–Crippen LogP) is 6.85. The van der Waals surface area contributed by atoms with Gasteiger partial charge in [0.25, 0.3) is 0 Å². The van der Waals surface area contributed by atoms with Gasteiger partial charge in [-0.3, -0.25) is 4.99 Å². The molecule has 2 atom stereocenters. The van der Waals surface area contributed by atoms with Gasteiger partial charge in [0.1, 0.15) is 11.0 Å². The van der Waals surface area contributed by atoms with Crippen LogP contribution in [0.2, 0.25) is 5.02 Å². The van der Waals surface area contributed by atoms with Crippen LogP contribution in [0.25, 0.3) is 0 Å². The lowest BCUT2D eigenvalue weighted by Crippen LogP contribution is -2.43. The molecule has 1 aliphatic carbocycles. The lowest BCUT2D eigenvalue weighted by Gasteiger charge is -2.32. The molecule has 2 aromatic rings. The molecule has 8 heteroatoms. The van der Waals surface area contributed by atoms with E-state index in [2.05, 4.69) is 10.3 Å². The minimum Gasteiger partial charge on any atom is -0.444 e. The third-order valence-electron chi connectivity index (χ3n) is 6.39. The molecule has 1 heterocycles. The summed E-state index contributed by atoms with van der Waals surface area (Å²) in [6.45, 7) is 6.77. The van der Waals surface area contributed by atoms with E-state index in [0.29, 0.717) is 23.3 Å². The highest BCUT2D eigenvalue weighted by Gasteiger charge is 2.58. The summed E-state index contributed by atoms with van der Waals surface area (Å²) in [5.74, 6) is 0. The summed E-state index contributed by atoms with van der Waals surface area (Å²) in [7, 11) is 0. The van der Waals surface area contributed by atoms with E-state index >= 15 is 0 Å². The number of nitrogens with one attached hydrogen (secondary N) is 1. The minimum atomic E-state index is -4.48. The molecule has 4 rings (SSSR count). The van der Waals surface area contributed by atoms with Crippen LogP contribution >= 0.6 is 11.6 Å². The first-order valence-electron chi connectivity index (χ1n) is 11.3. The van der Waals surface area contributed by atoms with Crippen LogP contribution < -0.4 is 5.32 Å². The molecule has 0 radical (unpaired) electrons. The number of alkyl halides is 3. The van der Waals surface area contributed by atoms with Gasteiger partial charge in [0.2, 0.25) is 0 Å². The second-order valence-corrected chi connectivity index (χ2v) is 10.6. The molecule has 0 spiro atoms. The van der Waals surface area contributed by atoms with Crippen LogP contribution in [0.4, 0.5) is 18.0 Å². The Hall–Kier alpha value is -2.54. The summed E-state index contributed by atoms with van der Waals surface area (Å²) in [6.07, 6.45) is -3.78. The number of hydrogen-bond acceptors (Lipinski definition) is 3. The van der Waals surface area contributed by atoms with Crippen molar-refractivity contribution < 1.29 is 22.7 Å². The molecule has 1 aliphatic heterocycles. The zero-order valence-corrected chi connectivity index (χ0v) is 20.4. The van der Waals surface area contributed by atoms with E-state index in [1.165, 1.54) is 6.07 Å². The smallest absolute Gasteiger partial charge is 0.408 e. The highest BCUT2D eigenvalue weighted by Crippen LogP contribution is 2.48. The van der Waals surface area contributed by atoms with E-state index in [1.807, 2.05) is 12.1 Å². The lowest BCUT2D eigenvalue weighted by atomic mass is 9.76. The predicted molar refractivity (Wildman–Crippen MR) is 127 cm³/mol. The van der Waals surface area contributed by atoms with Crippen LogP contribution in [0.3, 0.4) is 0 Å². The molecule has 0 saturated heterocycles. The van der Waals surface area contributed by atoms with Gasteiger partial charge in [-0.15, -0.1) is 0 Å². The number of hydrogen-bond donors (Lipinski definition) is 1. The fourth-order valence-corrected chi connectivity index (χ4v) is 5.07. The molecule has 4 nitrogen and oxygen atoms in total. The van der Waals surface area contributed by atoms with Gasteiger partial charge < -0.3 is 10.1 Å². The van der Waals surface area contributed by atoms with Crippen LogP contribution in [0.15, 0.2) is 41.4 Å². The van der Waals surface area contributed by atoms with Gasteiger partial charge in [-0.05, 0) is 86.6 Å². The number of amides is 1. The highest BCUT2D eigenvalue weighted by molar-refractivity contribution is 6.30. The normalized spacial score (nSPS) is 22.4. The summed E-state index contributed by atoms with van der Waals surface area (Å²) >= 11 is 6.10. The highest BCUT2D eigenvalue weighted by atomic mass is 35.5. The van der Waals surface area contributed by atoms with Crippen molar-refractivity contribution in [2.24, 2.45) is 4.99 Å². The molecule has 1 N–H and O–H groups in total. The molecule has 1 amide bonds. The summed E-state index contributed by atoms with van der Waals surface area (Å²) in [5.41, 5.74) is 1.21. The summed E-state index contributed by atoms with van der Waals surface area (Å²) < 4.78 is 48.5. The zero-order valence-electron chi connectivity index (χ0n) is 19.6. The average Bonchev–Trinajstić information content (AvgIpc) is 3.31. The standard InChI is InChI=1S/C26H28ClF3N2O2/c1-15-9-18(12-19(27)10-15)25(26(28,29)30)13-22(31-14-25)17-5-7-20-16(11-17)6-8-21(20)32-23(33)34-24(2,3)4/h5,7,9-12,21H,6,8,13-14H2,1-4H3,(H,32,33). The average molecular weight is 493 g/mol. The first-order chi connectivity index (χ1) is 15.8. The van der Waals surface area contributed by atoms with Crippen LogP contribution in [0.5, 0.6) is 0 Å². The first-order valence-corrected chi connectivity index (χ1v) is 11.7. The van der Waals surface area contributed by atoms with Crippen molar-refractivity contribution in [3.8, 4) is 0 Å². The van der Waals surface area contributed by atoms with E-state index in [0.717, 1.165) is 17.5 Å². The SMILES string of the molecule is Cc1cc(Cl)cc(C2(C(F)(F)F)CN=C(c3ccc4c(c3)CCC4NC(=O)OC(C)(C)C)C2)c1. The monoisotopic (exact) mass is 492 g/mol. The maximum absolute atomic E-state index is 14.4. The maximum atomic E-state index is 14.4. The molecule has 34 heavy (non-hydrogen) atoms. The number of rotatable bonds is 3. The molecular weight excluding hydrogens is 465 g/mol. The van der Waals surface area contributed by atoms with Crippen molar-refractivity contribution in [1.82, 2.24) is 5.32 Å². The molecule has 182 valence electrons. The second kappa shape index (κ2) is 8.59. The van der Waals surface area contributed by atoms with Gasteiger partial charge in [0.15, 0.2) is 0 Å². The molecule has 2 aliphatic rings. The number of carbonyl (C=O) groups excluding carboxylic acids is 1. The Morgan fingerprint density at radius 2 is 1.91 bits per heavy atom. The van der Waals surface area contributed by atoms with Gasteiger partial charge in [0, 0.05) is 17.2 Å². The van der Waals surface area contributed by atoms with Crippen LogP contribution in [-0.2, 0) is 16.6 Å². The van der Waals surface area contributed by atoms with Crippen molar-refractivity contribution in [2.45, 2.75) is 70.2 Å². The number of alkyl carbamates (subject to hydrolysis) is 1. The van der Waals surface area contributed by atoms with Crippen molar-refractivity contribution in [1.29, 1.82) is 0 Å². The number of ether oxygens (including phenoxy) is 1. The van der Waals surface area contributed by atoms with Gasteiger partial charge in [-0.2, -0.15) is 13.2 Å². The van der Waals surface area contributed by atoms with Gasteiger partial charge >= 0.3 is 12.3 Å². The van der Waals surface area contributed by atoms with Crippen molar-refractivity contribution in [2.75, 3.05) is 6.54 Å². The number of aryl methyl sites for hydroxylation is 2. The van der Waals surface area contributed by atoms with Gasteiger partial charge in [-0.25, -0.2) is 4.79 Å². The van der Waals surface area contributed by atoms with E-state index < -0.39 is 23.3 Å². The molecule has 2 unspecified atom stereocenters. The van der Waals surface area contributed by atoms with Gasteiger partial charge in [-0.1, -0.05) is 29.8 Å². The Labute approximate surface area is 202 Å². The Bertz CT molecular complexity index is 1130. The fraction of sp³-hybridized carbons (Fsp3) is 0.462. The number of benzene rings is 2. The third-order valence-corrected chi connectivity index (χ3v) is 6.61. The quantitative estimate of drug-likeness (QED) is 0.509. The molecule has 0 saturated carbocycles. The van der Waals surface area contributed by atoms with Crippen LogP contribution in [0, 0.1) is 6.92 Å². The molecule has 2 aromatic carbocycles. The van der Waals surface area contributed by atoms with Crippen molar-refractivity contribution in [3.63, 3.8) is 0 Å². The lowest BCUT2D eigenvalue weighted by molar-refractivity contribution is -0.183. The number of aliphatic imine (C=N–C) groups is 1. The van der Waals surface area contributed by atoms with E-state index in [4.69, 9.17) is 16.3 Å². The molecule has 0 bridgehead atoms. The van der Waals surface area contributed by atoms with E-state index in [-0.39, 0.29) is 29.6 Å². The largest absolute Gasteiger partial charge is 0.444 e. The molecule has 0 aromatic heterocycles. The summed E-state index contributed by atoms with van der Waals surface area (Å²) in [6, 6.07) is 9.98. The first kappa shape index (κ1) is 24.6. The Morgan fingerprint density at radius 3 is 2.56 bits per heavy atom. The van der Waals surface area contributed by atoms with E-state index in [1.54, 1.807) is 45.9 Å². The number of nitrogens with zero attached hydrogens (tertiary/aromatic N) is 1. The zero-order chi connectivity index (χ0) is 24.9. The minimum absolute atomic E-state index is 0.145. The van der Waals surface area contributed by atoms with Crippen molar-refractivity contribution >= 4 is 23.4 Å². The van der Waals surface area contributed by atoms with Crippen molar-refractivity contribution in [3.05, 3.63) is 69.2 Å². The molecular formula is C26H28ClF3N2O2. The maximum Gasteiger partial charge on any atom is 0.408 e. The topological polar surface area (TPSA) is 50.7 Å². The summed E-state index contributed by atoms with van der Waals surface area (Å²) in [5, 5.41) is 3.18.